The van der Waals surface area contributed by atoms with Crippen molar-refractivity contribution in [3.63, 3.8) is 0 Å². The normalized spacial score (nSPS) is 12.4. The number of furan rings is 2. The second-order valence-electron chi connectivity index (χ2n) is 32.6. The van der Waals surface area contributed by atoms with Crippen LogP contribution in [0.3, 0.4) is 0 Å². The first-order chi connectivity index (χ1) is 62.9. The van der Waals surface area contributed by atoms with Crippen molar-refractivity contribution in [1.82, 2.24) is 0 Å². The fourth-order valence-electron chi connectivity index (χ4n) is 19.8. The van der Waals surface area contributed by atoms with Gasteiger partial charge in [0.15, 0.2) is 0 Å². The topological polar surface area (TPSA) is 41.6 Å². The Labute approximate surface area is 748 Å². The van der Waals surface area contributed by atoms with Crippen molar-refractivity contribution >= 4 is 88.2 Å². The lowest BCUT2D eigenvalue weighted by atomic mass is 9.68. The highest BCUT2D eigenvalue weighted by Gasteiger charge is 2.49. The summed E-state index contributed by atoms with van der Waals surface area (Å²) in [7, 11) is 0. The van der Waals surface area contributed by atoms with Crippen LogP contribution in [0.4, 0.5) is 28.4 Å². The lowest BCUT2D eigenvalue weighted by molar-refractivity contribution is 0.669. The SMILES string of the molecule is Brc1ccc(-c2ccc(-c3ccccc3)cc2)cc1.c1ccc(-c2ccc(-c3ccc(N(c4cccc(-c5cccc6c5oc5ccccc56)c4)c4cccc5c4-c4ccccc4C5(c4ccccc4)c4ccccc4)cc3)cc2)cc1.c1ccc(C2(c3ccccc3)c3ccccc3-c3c(Nc4cccc(-c5cccc6c5oc5ccccc56)c4)cccc32)cc1. The second-order valence-corrected chi connectivity index (χ2v) is 33.5. The van der Waals surface area contributed by atoms with Crippen LogP contribution < -0.4 is 10.2 Å². The van der Waals surface area contributed by atoms with Gasteiger partial charge in [0.25, 0.3) is 0 Å². The van der Waals surface area contributed by atoms with E-state index < -0.39 is 10.8 Å². The van der Waals surface area contributed by atoms with Crippen LogP contribution in [0.25, 0.3) is 133 Å². The molecule has 0 radical (unpaired) electrons. The number of hydrogen-bond acceptors (Lipinski definition) is 4. The van der Waals surface area contributed by atoms with Gasteiger partial charge in [0.2, 0.25) is 0 Å². The van der Waals surface area contributed by atoms with Gasteiger partial charge in [-0.3, -0.25) is 0 Å². The van der Waals surface area contributed by atoms with Crippen LogP contribution in [0.5, 0.6) is 0 Å². The molecule has 1 N–H and O–H groups in total. The van der Waals surface area contributed by atoms with E-state index in [1.54, 1.807) is 0 Å². The molecule has 20 aromatic carbocycles. The van der Waals surface area contributed by atoms with Crippen LogP contribution in [0.15, 0.2) is 511 Å². The van der Waals surface area contributed by atoms with Crippen molar-refractivity contribution in [2.45, 2.75) is 10.8 Å². The van der Waals surface area contributed by atoms with E-state index in [2.05, 4.69) is 499 Å². The molecule has 0 saturated heterocycles. The molecule has 0 atom stereocenters. The Morgan fingerprint density at radius 2 is 0.543 bits per heavy atom. The molecule has 5 heteroatoms. The third kappa shape index (κ3) is 13.9. The van der Waals surface area contributed by atoms with E-state index in [1.165, 1.54) is 111 Å². The summed E-state index contributed by atoms with van der Waals surface area (Å²) in [4.78, 5) is 2.45. The van der Waals surface area contributed by atoms with Crippen molar-refractivity contribution in [2.24, 2.45) is 0 Å². The van der Waals surface area contributed by atoms with Gasteiger partial charge in [0.1, 0.15) is 22.3 Å². The van der Waals surface area contributed by atoms with Crippen molar-refractivity contribution in [1.29, 1.82) is 0 Å². The molecular weight excluding hydrogens is 1610 g/mol. The summed E-state index contributed by atoms with van der Waals surface area (Å²) in [6.45, 7) is 0. The van der Waals surface area contributed by atoms with E-state index in [4.69, 9.17) is 8.83 Å². The zero-order chi connectivity index (χ0) is 84.6. The molecule has 0 amide bonds. The van der Waals surface area contributed by atoms with Crippen molar-refractivity contribution in [3.8, 4) is 89.0 Å². The molecule has 0 fully saturated rings. The Bertz CT molecular complexity index is 7670. The Morgan fingerprint density at radius 3 is 1.02 bits per heavy atom. The van der Waals surface area contributed by atoms with Gasteiger partial charge < -0.3 is 19.1 Å². The summed E-state index contributed by atoms with van der Waals surface area (Å²) in [5.41, 5.74) is 37.3. The Balaban J connectivity index is 0.000000129. The predicted octanol–water partition coefficient (Wildman–Crippen LogP) is 33.6. The minimum absolute atomic E-state index is 0.426. The molecule has 0 aliphatic heterocycles. The first-order valence-corrected chi connectivity index (χ1v) is 44.1. The summed E-state index contributed by atoms with van der Waals surface area (Å²) < 4.78 is 14.1. The third-order valence-electron chi connectivity index (χ3n) is 25.5. The molecule has 127 heavy (non-hydrogen) atoms. The molecule has 24 rings (SSSR count). The molecule has 22 aromatic rings. The molecule has 4 nitrogen and oxygen atoms in total. The Kier molecular flexibility index (Phi) is 20.3. The molecule has 2 aliphatic carbocycles. The monoisotopic (exact) mass is 1690 g/mol. The number of para-hydroxylation sites is 4. The summed E-state index contributed by atoms with van der Waals surface area (Å²) in [6.07, 6.45) is 0. The Morgan fingerprint density at radius 1 is 0.220 bits per heavy atom. The molecular formula is C122H83BrN2O2. The first kappa shape index (κ1) is 77.2. The van der Waals surface area contributed by atoms with E-state index >= 15 is 0 Å². The molecule has 0 unspecified atom stereocenters. The highest BCUT2D eigenvalue weighted by Crippen LogP contribution is 2.61. The van der Waals surface area contributed by atoms with Crippen LogP contribution in [0.2, 0.25) is 0 Å². The lowest BCUT2D eigenvalue weighted by Gasteiger charge is -2.34. The van der Waals surface area contributed by atoms with E-state index in [-0.39, 0.29) is 0 Å². The Hall–Kier alpha value is -15.9. The van der Waals surface area contributed by atoms with E-state index in [9.17, 15) is 0 Å². The van der Waals surface area contributed by atoms with E-state index in [0.29, 0.717) is 0 Å². The van der Waals surface area contributed by atoms with Crippen molar-refractivity contribution in [2.75, 3.05) is 10.2 Å². The average molecular weight is 1690 g/mol. The summed E-state index contributed by atoms with van der Waals surface area (Å²) in [5, 5.41) is 8.36. The molecule has 600 valence electrons. The molecule has 2 aromatic heterocycles. The van der Waals surface area contributed by atoms with Crippen LogP contribution >= 0.6 is 15.9 Å². The average Bonchev–Trinajstić information content (AvgIpc) is 1.54. The van der Waals surface area contributed by atoms with Gasteiger partial charge in [-0.2, -0.15) is 0 Å². The minimum atomic E-state index is -0.523. The summed E-state index contributed by atoms with van der Waals surface area (Å²) in [5.74, 6) is 0. The zero-order valence-corrected chi connectivity index (χ0v) is 71.1. The number of nitrogens with zero attached hydrogens (tertiary/aromatic N) is 1. The van der Waals surface area contributed by atoms with E-state index in [0.717, 1.165) is 99.0 Å². The fraction of sp³-hybridized carbons (Fsp3) is 0.0164. The largest absolute Gasteiger partial charge is 0.455 e. The van der Waals surface area contributed by atoms with Gasteiger partial charge in [-0.15, -0.1) is 0 Å². The maximum absolute atomic E-state index is 6.59. The zero-order valence-electron chi connectivity index (χ0n) is 69.5. The summed E-state index contributed by atoms with van der Waals surface area (Å²) in [6, 6.07) is 178. The van der Waals surface area contributed by atoms with Crippen LogP contribution in [0, 0.1) is 0 Å². The number of halogens is 1. The number of benzene rings is 20. The third-order valence-corrected chi connectivity index (χ3v) is 26.0. The number of rotatable bonds is 15. The van der Waals surface area contributed by atoms with Gasteiger partial charge in [-0.05, 0) is 184 Å². The smallest absolute Gasteiger partial charge is 0.143 e. The molecule has 2 aliphatic rings. The van der Waals surface area contributed by atoms with Gasteiger partial charge >= 0.3 is 0 Å². The van der Waals surface area contributed by atoms with Gasteiger partial charge in [0, 0.05) is 71.0 Å². The van der Waals surface area contributed by atoms with Gasteiger partial charge in [-0.1, -0.05) is 441 Å². The maximum atomic E-state index is 6.59. The highest BCUT2D eigenvalue weighted by atomic mass is 79.9. The minimum Gasteiger partial charge on any atom is -0.455 e. The first-order valence-electron chi connectivity index (χ1n) is 43.4. The van der Waals surface area contributed by atoms with Crippen LogP contribution in [-0.4, -0.2) is 0 Å². The van der Waals surface area contributed by atoms with Gasteiger partial charge in [0.05, 0.1) is 16.5 Å². The van der Waals surface area contributed by atoms with Crippen molar-refractivity contribution in [3.05, 3.63) is 546 Å². The van der Waals surface area contributed by atoms with Crippen LogP contribution in [-0.2, 0) is 10.8 Å². The second kappa shape index (κ2) is 33.4. The van der Waals surface area contributed by atoms with Crippen molar-refractivity contribution < 1.29 is 8.83 Å². The predicted molar refractivity (Wildman–Crippen MR) is 533 cm³/mol. The fourth-order valence-corrected chi connectivity index (χ4v) is 20.0. The number of hydrogen-bond donors (Lipinski definition) is 1. The number of nitrogens with one attached hydrogen (secondary N) is 1. The molecule has 2 heterocycles. The van der Waals surface area contributed by atoms with Gasteiger partial charge in [-0.25, -0.2) is 0 Å². The quantitative estimate of drug-likeness (QED) is 0.111. The van der Waals surface area contributed by atoms with E-state index in [1.807, 2.05) is 24.3 Å². The number of fused-ring (bicyclic) bond motifs is 12. The molecule has 0 spiro atoms. The standard InChI is InChI=1S/C61H41NO.C43H29NO.C18H13Br/c1-4-17-42(18-5-1)43-33-35-44(36-34-43)45-37-39-49(40-38-45)62(50-24-14-19-46(41-50)51-27-15-28-53-52-25-11-13-32-58(52)63-60(51)53)57-31-16-30-56-59(57)54-26-10-12-29-55(54)61(56,47-20-6-2-7-21-47)48-22-8-3-9-23-48;1-3-15-30(16-4-1)43(31-17-5-2-6-18-31)37-24-9-7-21-36(37)41-38(43)25-13-26-39(41)44-32-19-11-14-29(28-32)33-22-12-23-35-34-20-8-10-27-40(34)45-42(33)35;19-18-12-10-17(11-13-18)16-8-6-15(7-9-16)14-4-2-1-3-5-14/h1-41H;1-28,44H;1-13H. The molecule has 0 saturated carbocycles. The lowest BCUT2D eigenvalue weighted by Crippen LogP contribution is -2.28. The van der Waals surface area contributed by atoms with Crippen LogP contribution in [0.1, 0.15) is 44.5 Å². The number of anilines is 5. The highest BCUT2D eigenvalue weighted by molar-refractivity contribution is 9.10. The molecule has 0 bridgehead atoms. The maximum Gasteiger partial charge on any atom is 0.143 e. The summed E-state index contributed by atoms with van der Waals surface area (Å²) >= 11 is 3.46.